The SMILES string of the molecule is COc1cc(F)ccc1C(=O)CBr. The van der Waals surface area contributed by atoms with Gasteiger partial charge in [0.1, 0.15) is 11.6 Å². The zero-order chi connectivity index (χ0) is 9.84. The Morgan fingerprint density at radius 1 is 1.62 bits per heavy atom. The Bertz CT molecular complexity index is 325. The number of hydrogen-bond donors (Lipinski definition) is 0. The molecule has 0 atom stereocenters. The van der Waals surface area contributed by atoms with E-state index in [1.54, 1.807) is 0 Å². The number of ether oxygens (including phenoxy) is 1. The first-order chi connectivity index (χ1) is 6.19. The van der Waals surface area contributed by atoms with E-state index in [1.807, 2.05) is 0 Å². The topological polar surface area (TPSA) is 26.3 Å². The van der Waals surface area contributed by atoms with E-state index in [1.165, 1.54) is 25.3 Å². The number of alkyl halides is 1. The van der Waals surface area contributed by atoms with Gasteiger partial charge < -0.3 is 4.74 Å². The van der Waals surface area contributed by atoms with Crippen molar-refractivity contribution in [2.24, 2.45) is 0 Å². The first kappa shape index (κ1) is 10.2. The minimum atomic E-state index is -0.414. The van der Waals surface area contributed by atoms with E-state index in [2.05, 4.69) is 15.9 Å². The Balaban J connectivity index is 3.13. The molecule has 0 N–H and O–H groups in total. The summed E-state index contributed by atoms with van der Waals surface area (Å²) in [5, 5.41) is 0.203. The van der Waals surface area contributed by atoms with Crippen molar-refractivity contribution in [3.8, 4) is 5.75 Å². The normalized spacial score (nSPS) is 9.77. The lowest BCUT2D eigenvalue weighted by Crippen LogP contribution is -2.03. The Morgan fingerprint density at radius 2 is 2.31 bits per heavy atom. The van der Waals surface area contributed by atoms with Gasteiger partial charge in [-0.15, -0.1) is 0 Å². The van der Waals surface area contributed by atoms with Crippen LogP contribution in [0.3, 0.4) is 0 Å². The standard InChI is InChI=1S/C9H8BrFO2/c1-13-9-4-6(11)2-3-7(9)8(12)5-10/h2-4H,5H2,1H3. The summed E-state index contributed by atoms with van der Waals surface area (Å²) in [6.45, 7) is 0. The average molecular weight is 247 g/mol. The van der Waals surface area contributed by atoms with Gasteiger partial charge in [-0.3, -0.25) is 4.79 Å². The largest absolute Gasteiger partial charge is 0.496 e. The first-order valence-electron chi connectivity index (χ1n) is 3.61. The second-order valence-corrected chi connectivity index (χ2v) is 2.96. The lowest BCUT2D eigenvalue weighted by molar-refractivity contribution is 0.102. The minimum absolute atomic E-state index is 0.128. The van der Waals surface area contributed by atoms with Gasteiger partial charge in [-0.1, -0.05) is 15.9 Å². The van der Waals surface area contributed by atoms with Gasteiger partial charge in [-0.2, -0.15) is 0 Å². The third kappa shape index (κ3) is 2.28. The molecule has 0 radical (unpaired) electrons. The van der Waals surface area contributed by atoms with Gasteiger partial charge in [-0.25, -0.2) is 4.39 Å². The van der Waals surface area contributed by atoms with Crippen molar-refractivity contribution in [1.82, 2.24) is 0 Å². The third-order valence-electron chi connectivity index (χ3n) is 1.59. The van der Waals surface area contributed by atoms with Crippen LogP contribution >= 0.6 is 15.9 Å². The van der Waals surface area contributed by atoms with Crippen molar-refractivity contribution in [2.45, 2.75) is 0 Å². The van der Waals surface area contributed by atoms with Crippen LogP contribution in [0.25, 0.3) is 0 Å². The molecule has 0 bridgehead atoms. The van der Waals surface area contributed by atoms with Gasteiger partial charge in [0.05, 0.1) is 18.0 Å². The van der Waals surface area contributed by atoms with E-state index in [4.69, 9.17) is 4.74 Å². The van der Waals surface area contributed by atoms with Gasteiger partial charge in [0.2, 0.25) is 0 Å². The smallest absolute Gasteiger partial charge is 0.177 e. The van der Waals surface area contributed by atoms with Gasteiger partial charge in [-0.05, 0) is 12.1 Å². The number of halogens is 2. The molecule has 1 aromatic rings. The summed E-state index contributed by atoms with van der Waals surface area (Å²) in [7, 11) is 1.40. The Labute approximate surface area is 83.8 Å². The molecule has 1 rings (SSSR count). The zero-order valence-electron chi connectivity index (χ0n) is 7.01. The molecule has 0 fully saturated rings. The molecule has 4 heteroatoms. The Hall–Kier alpha value is -0.900. The first-order valence-corrected chi connectivity index (χ1v) is 4.74. The summed E-state index contributed by atoms with van der Waals surface area (Å²) in [6.07, 6.45) is 0. The highest BCUT2D eigenvalue weighted by molar-refractivity contribution is 9.09. The van der Waals surface area contributed by atoms with Crippen LogP contribution in [-0.4, -0.2) is 18.2 Å². The number of ketones is 1. The fourth-order valence-electron chi connectivity index (χ4n) is 0.967. The van der Waals surface area contributed by atoms with Gasteiger partial charge in [0, 0.05) is 6.07 Å². The molecule has 70 valence electrons. The molecule has 13 heavy (non-hydrogen) atoms. The molecule has 0 aliphatic carbocycles. The number of benzene rings is 1. The molecule has 2 nitrogen and oxygen atoms in total. The summed E-state index contributed by atoms with van der Waals surface area (Å²) in [5.41, 5.74) is 0.390. The third-order valence-corrected chi connectivity index (χ3v) is 2.09. The van der Waals surface area contributed by atoms with Gasteiger partial charge >= 0.3 is 0 Å². The molecule has 0 aliphatic heterocycles. The van der Waals surface area contributed by atoms with E-state index in [0.29, 0.717) is 5.56 Å². The number of rotatable bonds is 3. The quantitative estimate of drug-likeness (QED) is 0.605. The maximum Gasteiger partial charge on any atom is 0.177 e. The molecule has 0 amide bonds. The molecule has 0 unspecified atom stereocenters. The summed E-state index contributed by atoms with van der Waals surface area (Å²) >= 11 is 3.03. The lowest BCUT2D eigenvalue weighted by Gasteiger charge is -2.05. The highest BCUT2D eigenvalue weighted by atomic mass is 79.9. The molecule has 0 aromatic heterocycles. The predicted molar refractivity (Wildman–Crippen MR) is 51.1 cm³/mol. The Morgan fingerprint density at radius 3 is 2.85 bits per heavy atom. The fraction of sp³-hybridized carbons (Fsp3) is 0.222. The number of methoxy groups -OCH3 is 1. The van der Waals surface area contributed by atoms with Crippen molar-refractivity contribution in [1.29, 1.82) is 0 Å². The molecule has 0 saturated heterocycles. The van der Waals surface area contributed by atoms with Crippen LogP contribution < -0.4 is 4.74 Å². The monoisotopic (exact) mass is 246 g/mol. The van der Waals surface area contributed by atoms with Crippen molar-refractivity contribution in [3.05, 3.63) is 29.6 Å². The van der Waals surface area contributed by atoms with Crippen molar-refractivity contribution >= 4 is 21.7 Å². The predicted octanol–water partition coefficient (Wildman–Crippen LogP) is 2.41. The molecule has 0 spiro atoms. The Kier molecular flexibility index (Phi) is 3.42. The van der Waals surface area contributed by atoms with Crippen LogP contribution in [0.15, 0.2) is 18.2 Å². The highest BCUT2D eigenvalue weighted by Crippen LogP contribution is 2.20. The van der Waals surface area contributed by atoms with E-state index >= 15 is 0 Å². The summed E-state index contributed by atoms with van der Waals surface area (Å²) in [5.74, 6) is -0.274. The van der Waals surface area contributed by atoms with Crippen LogP contribution in [0.2, 0.25) is 0 Å². The fourth-order valence-corrected chi connectivity index (χ4v) is 1.27. The molecule has 0 aliphatic rings. The second kappa shape index (κ2) is 4.37. The maximum absolute atomic E-state index is 12.7. The zero-order valence-corrected chi connectivity index (χ0v) is 8.60. The summed E-state index contributed by atoms with van der Waals surface area (Å²) < 4.78 is 17.6. The van der Waals surface area contributed by atoms with Crippen molar-refractivity contribution in [3.63, 3.8) is 0 Å². The molecule has 0 heterocycles. The highest BCUT2D eigenvalue weighted by Gasteiger charge is 2.11. The van der Waals surface area contributed by atoms with Gasteiger partial charge in [0.15, 0.2) is 5.78 Å². The molecule has 1 aromatic carbocycles. The van der Waals surface area contributed by atoms with Crippen molar-refractivity contribution < 1.29 is 13.9 Å². The number of hydrogen-bond acceptors (Lipinski definition) is 2. The van der Waals surface area contributed by atoms with Crippen LogP contribution in [0.5, 0.6) is 5.75 Å². The van der Waals surface area contributed by atoms with E-state index in [-0.39, 0.29) is 16.9 Å². The van der Waals surface area contributed by atoms with Crippen LogP contribution in [0.1, 0.15) is 10.4 Å². The van der Waals surface area contributed by atoms with Crippen molar-refractivity contribution in [2.75, 3.05) is 12.4 Å². The van der Waals surface area contributed by atoms with Crippen LogP contribution in [-0.2, 0) is 0 Å². The molecule has 0 saturated carbocycles. The minimum Gasteiger partial charge on any atom is -0.496 e. The number of Topliss-reactive ketones (excluding diaryl/α,β-unsaturated/α-hetero) is 1. The summed E-state index contributed by atoms with van der Waals surface area (Å²) in [6, 6.07) is 3.84. The second-order valence-electron chi connectivity index (χ2n) is 2.40. The van der Waals surface area contributed by atoms with E-state index in [9.17, 15) is 9.18 Å². The average Bonchev–Trinajstić information content (AvgIpc) is 2.16. The van der Waals surface area contributed by atoms with Crippen LogP contribution in [0, 0.1) is 5.82 Å². The number of carbonyl (C=O) groups excluding carboxylic acids is 1. The van der Waals surface area contributed by atoms with Crippen LogP contribution in [0.4, 0.5) is 4.39 Å². The maximum atomic E-state index is 12.7. The van der Waals surface area contributed by atoms with E-state index in [0.717, 1.165) is 0 Å². The number of carbonyl (C=O) groups is 1. The lowest BCUT2D eigenvalue weighted by atomic mass is 10.1. The molecular formula is C9H8BrFO2. The molecular weight excluding hydrogens is 239 g/mol. The van der Waals surface area contributed by atoms with Gasteiger partial charge in [0.25, 0.3) is 0 Å². The summed E-state index contributed by atoms with van der Waals surface area (Å²) in [4.78, 5) is 11.3. The van der Waals surface area contributed by atoms with E-state index < -0.39 is 5.82 Å².